The third-order valence-electron chi connectivity index (χ3n) is 3.79. The lowest BCUT2D eigenvalue weighted by Gasteiger charge is -2.40. The second kappa shape index (κ2) is 6.08. The average molecular weight is 309 g/mol. The van der Waals surface area contributed by atoms with E-state index in [1.807, 2.05) is 24.3 Å². The van der Waals surface area contributed by atoms with Gasteiger partial charge in [-0.05, 0) is 48.0 Å². The molecule has 1 atom stereocenters. The number of rotatable bonds is 5. The Balaban J connectivity index is 1.78. The number of anilines is 1. The van der Waals surface area contributed by atoms with Crippen LogP contribution in [0.2, 0.25) is 0 Å². The van der Waals surface area contributed by atoms with Gasteiger partial charge in [0.15, 0.2) is 0 Å². The van der Waals surface area contributed by atoms with Crippen molar-refractivity contribution in [1.29, 1.82) is 0 Å². The molecule has 1 heterocycles. The second-order valence-electron chi connectivity index (χ2n) is 5.30. The zero-order valence-corrected chi connectivity index (χ0v) is 12.5. The van der Waals surface area contributed by atoms with E-state index in [1.54, 1.807) is 17.0 Å². The molecule has 0 aromatic heterocycles. The van der Waals surface area contributed by atoms with Crippen molar-refractivity contribution in [3.63, 3.8) is 0 Å². The maximum absolute atomic E-state index is 13.0. The molecule has 1 aliphatic heterocycles. The Bertz CT molecular complexity index is 750. The minimum Gasteiger partial charge on any atom is -0.458 e. The lowest BCUT2D eigenvalue weighted by Crippen LogP contribution is -2.46. The van der Waals surface area contributed by atoms with E-state index in [-0.39, 0.29) is 17.8 Å². The third-order valence-corrected chi connectivity index (χ3v) is 3.79. The van der Waals surface area contributed by atoms with Crippen LogP contribution in [0.4, 0.5) is 10.1 Å². The van der Waals surface area contributed by atoms with E-state index < -0.39 is 0 Å². The maximum atomic E-state index is 13.0. The molecule has 2 aromatic rings. The van der Waals surface area contributed by atoms with E-state index in [0.717, 1.165) is 5.56 Å². The number of amides is 1. The molecule has 0 unspecified atom stereocenters. The van der Waals surface area contributed by atoms with Crippen molar-refractivity contribution >= 4 is 11.6 Å². The Hall–Kier alpha value is -2.88. The Kier molecular flexibility index (Phi) is 3.98. The predicted molar refractivity (Wildman–Crippen MR) is 87.7 cm³/mol. The van der Waals surface area contributed by atoms with Crippen LogP contribution in [0.1, 0.15) is 18.0 Å². The monoisotopic (exact) mass is 309 g/mol. The van der Waals surface area contributed by atoms with Gasteiger partial charge in [0.2, 0.25) is 5.91 Å². The molecule has 0 bridgehead atoms. The fourth-order valence-corrected chi connectivity index (χ4v) is 2.56. The molecular weight excluding hydrogens is 293 g/mol. The standard InChI is InChI=1S/C19H16FNO2/c1-3-13(2)23-17-10-4-14(5-11-17)18-12-19(22)21(18)16-8-6-15(20)7-9-16/h3-11,18H,1-2,12H2/t18-/m0/s1. The van der Waals surface area contributed by atoms with Crippen LogP contribution in [-0.4, -0.2) is 5.91 Å². The smallest absolute Gasteiger partial charge is 0.230 e. The number of benzene rings is 2. The van der Waals surface area contributed by atoms with Gasteiger partial charge in [-0.2, -0.15) is 0 Å². The van der Waals surface area contributed by atoms with E-state index in [2.05, 4.69) is 13.2 Å². The van der Waals surface area contributed by atoms with E-state index in [4.69, 9.17) is 4.74 Å². The number of hydrogen-bond acceptors (Lipinski definition) is 2. The maximum Gasteiger partial charge on any atom is 0.230 e. The highest BCUT2D eigenvalue weighted by Crippen LogP contribution is 2.39. The fraction of sp³-hybridized carbons (Fsp3) is 0.105. The minimum absolute atomic E-state index is 0.0296. The van der Waals surface area contributed by atoms with Crippen LogP contribution in [0, 0.1) is 5.82 Å². The quantitative estimate of drug-likeness (QED) is 0.466. The summed E-state index contributed by atoms with van der Waals surface area (Å²) in [5.41, 5.74) is 1.71. The molecule has 2 aromatic carbocycles. The van der Waals surface area contributed by atoms with E-state index in [9.17, 15) is 9.18 Å². The van der Waals surface area contributed by atoms with E-state index >= 15 is 0 Å². The minimum atomic E-state index is -0.317. The topological polar surface area (TPSA) is 29.5 Å². The first-order valence-electron chi connectivity index (χ1n) is 7.25. The molecule has 0 N–H and O–H groups in total. The lowest BCUT2D eigenvalue weighted by molar-refractivity contribution is -0.124. The molecule has 23 heavy (non-hydrogen) atoms. The molecule has 0 saturated carbocycles. The molecule has 0 radical (unpaired) electrons. The fourth-order valence-electron chi connectivity index (χ4n) is 2.56. The van der Waals surface area contributed by atoms with E-state index in [0.29, 0.717) is 23.6 Å². The summed E-state index contributed by atoms with van der Waals surface area (Å²) < 4.78 is 18.5. The van der Waals surface area contributed by atoms with Crippen molar-refractivity contribution in [2.24, 2.45) is 0 Å². The van der Waals surface area contributed by atoms with Gasteiger partial charge in [0.05, 0.1) is 12.5 Å². The van der Waals surface area contributed by atoms with Gasteiger partial charge >= 0.3 is 0 Å². The summed E-state index contributed by atoms with van der Waals surface area (Å²) in [5, 5.41) is 0. The van der Waals surface area contributed by atoms with Crippen molar-refractivity contribution in [2.45, 2.75) is 12.5 Å². The summed E-state index contributed by atoms with van der Waals surface area (Å²) in [6.07, 6.45) is 1.98. The van der Waals surface area contributed by atoms with Crippen LogP contribution in [0.25, 0.3) is 0 Å². The van der Waals surface area contributed by atoms with Crippen LogP contribution in [0.3, 0.4) is 0 Å². The van der Waals surface area contributed by atoms with Gasteiger partial charge < -0.3 is 9.64 Å². The molecule has 1 fully saturated rings. The van der Waals surface area contributed by atoms with Crippen LogP contribution in [0.15, 0.2) is 73.5 Å². The Labute approximate surface area is 134 Å². The van der Waals surface area contributed by atoms with Crippen molar-refractivity contribution < 1.29 is 13.9 Å². The van der Waals surface area contributed by atoms with Crippen molar-refractivity contribution in [1.82, 2.24) is 0 Å². The number of carbonyl (C=O) groups is 1. The third kappa shape index (κ3) is 3.01. The molecule has 3 rings (SSSR count). The molecule has 0 spiro atoms. The van der Waals surface area contributed by atoms with Crippen molar-refractivity contribution in [3.05, 3.63) is 84.9 Å². The highest BCUT2D eigenvalue weighted by Gasteiger charge is 2.38. The van der Waals surface area contributed by atoms with Crippen LogP contribution in [0.5, 0.6) is 5.75 Å². The molecule has 3 nitrogen and oxygen atoms in total. The zero-order chi connectivity index (χ0) is 16.4. The van der Waals surface area contributed by atoms with Gasteiger partial charge in [0, 0.05) is 5.69 Å². The van der Waals surface area contributed by atoms with E-state index in [1.165, 1.54) is 18.2 Å². The first kappa shape index (κ1) is 15.0. The zero-order valence-electron chi connectivity index (χ0n) is 12.5. The number of β-lactam (4-membered cyclic amide) rings is 1. The average Bonchev–Trinajstić information content (AvgIpc) is 2.55. The molecule has 4 heteroatoms. The van der Waals surface area contributed by atoms with Crippen molar-refractivity contribution in [3.8, 4) is 5.75 Å². The second-order valence-corrected chi connectivity index (χ2v) is 5.30. The largest absolute Gasteiger partial charge is 0.458 e. The normalized spacial score (nSPS) is 16.7. The summed E-state index contributed by atoms with van der Waals surface area (Å²) in [4.78, 5) is 13.6. The van der Waals surface area contributed by atoms with Gasteiger partial charge in [-0.15, -0.1) is 0 Å². The number of nitrogens with zero attached hydrogens (tertiary/aromatic N) is 1. The van der Waals surface area contributed by atoms with Gasteiger partial charge in [-0.3, -0.25) is 4.79 Å². The predicted octanol–water partition coefficient (Wildman–Crippen LogP) is 4.38. The first-order valence-corrected chi connectivity index (χ1v) is 7.25. The van der Waals surface area contributed by atoms with Gasteiger partial charge in [-0.1, -0.05) is 25.3 Å². The molecule has 1 aliphatic rings. The molecule has 0 aliphatic carbocycles. The number of halogens is 1. The van der Waals surface area contributed by atoms with Crippen LogP contribution >= 0.6 is 0 Å². The molecule has 1 saturated heterocycles. The van der Waals surface area contributed by atoms with Crippen LogP contribution < -0.4 is 9.64 Å². The summed E-state index contributed by atoms with van der Waals surface area (Å²) in [6, 6.07) is 13.4. The highest BCUT2D eigenvalue weighted by molar-refractivity contribution is 6.01. The number of ether oxygens (including phenoxy) is 1. The van der Waals surface area contributed by atoms with Gasteiger partial charge in [-0.25, -0.2) is 4.39 Å². The lowest BCUT2D eigenvalue weighted by atomic mass is 9.93. The van der Waals surface area contributed by atoms with Gasteiger partial charge in [0.1, 0.15) is 17.3 Å². The summed E-state index contributed by atoms with van der Waals surface area (Å²) >= 11 is 0. The molecule has 1 amide bonds. The number of allylic oxidation sites excluding steroid dienone is 1. The Morgan fingerprint density at radius 3 is 2.39 bits per heavy atom. The SMILES string of the molecule is C=CC(=C)Oc1ccc([C@@H]2CC(=O)N2c2ccc(F)cc2)cc1. The summed E-state index contributed by atoms with van der Waals surface area (Å²) in [5.74, 6) is 0.853. The number of carbonyl (C=O) groups excluding carboxylic acids is 1. The highest BCUT2D eigenvalue weighted by atomic mass is 19.1. The van der Waals surface area contributed by atoms with Crippen molar-refractivity contribution in [2.75, 3.05) is 4.90 Å². The summed E-state index contributed by atoms with van der Waals surface area (Å²) in [6.45, 7) is 7.29. The number of hydrogen-bond donors (Lipinski definition) is 0. The first-order chi connectivity index (χ1) is 11.1. The Morgan fingerprint density at radius 1 is 1.17 bits per heavy atom. The summed E-state index contributed by atoms with van der Waals surface area (Å²) in [7, 11) is 0. The molecular formula is C19H16FNO2. The molecule has 116 valence electrons. The van der Waals surface area contributed by atoms with Gasteiger partial charge in [0.25, 0.3) is 0 Å². The van der Waals surface area contributed by atoms with Crippen LogP contribution in [-0.2, 0) is 4.79 Å². The Morgan fingerprint density at radius 2 is 1.83 bits per heavy atom.